The monoisotopic (exact) mass is 343 g/mol. The van der Waals surface area contributed by atoms with Crippen molar-refractivity contribution in [3.63, 3.8) is 0 Å². The highest BCUT2D eigenvalue weighted by atomic mass is 35.5. The molecule has 0 aliphatic carbocycles. The Bertz CT molecular complexity index is 417. The van der Waals surface area contributed by atoms with Gasteiger partial charge in [-0.25, -0.2) is 4.98 Å². The SMILES string of the molecule is CCN(Cc1ncc(C(F)(F)F)s1)C1CCCNCC1.Cl. The minimum Gasteiger partial charge on any atom is -0.317 e. The van der Waals surface area contributed by atoms with Crippen LogP contribution in [0.2, 0.25) is 0 Å². The molecule has 122 valence electrons. The van der Waals surface area contributed by atoms with Crippen LogP contribution in [-0.4, -0.2) is 35.6 Å². The zero-order valence-electron chi connectivity index (χ0n) is 11.9. The second-order valence-corrected chi connectivity index (χ2v) is 6.13. The van der Waals surface area contributed by atoms with Crippen LogP contribution in [0.15, 0.2) is 6.20 Å². The summed E-state index contributed by atoms with van der Waals surface area (Å²) in [7, 11) is 0. The largest absolute Gasteiger partial charge is 0.427 e. The fourth-order valence-electron chi connectivity index (χ4n) is 2.55. The van der Waals surface area contributed by atoms with E-state index in [-0.39, 0.29) is 12.4 Å². The molecule has 1 fully saturated rings. The van der Waals surface area contributed by atoms with Gasteiger partial charge in [0.2, 0.25) is 0 Å². The van der Waals surface area contributed by atoms with Gasteiger partial charge in [-0.2, -0.15) is 13.2 Å². The summed E-state index contributed by atoms with van der Waals surface area (Å²) in [5.41, 5.74) is 0. The van der Waals surface area contributed by atoms with Crippen LogP contribution in [0.1, 0.15) is 36.1 Å². The molecule has 1 saturated heterocycles. The van der Waals surface area contributed by atoms with Crippen molar-refractivity contribution in [2.75, 3.05) is 19.6 Å². The second-order valence-electron chi connectivity index (χ2n) is 5.01. The molecule has 21 heavy (non-hydrogen) atoms. The standard InChI is InChI=1S/C13H20F3N3S.ClH/c1-2-19(10-4-3-6-17-7-5-10)9-12-18-8-11(20-12)13(14,15)16;/h8,10,17H,2-7,9H2,1H3;1H. The number of nitrogens with one attached hydrogen (secondary N) is 1. The van der Waals surface area contributed by atoms with E-state index < -0.39 is 11.1 Å². The first-order chi connectivity index (χ1) is 9.50. The Labute approximate surface area is 133 Å². The molecule has 2 rings (SSSR count). The minimum absolute atomic E-state index is 0. The zero-order valence-corrected chi connectivity index (χ0v) is 13.6. The van der Waals surface area contributed by atoms with E-state index >= 15 is 0 Å². The van der Waals surface area contributed by atoms with Gasteiger partial charge in [-0.1, -0.05) is 6.92 Å². The van der Waals surface area contributed by atoms with Gasteiger partial charge in [0.15, 0.2) is 0 Å². The Morgan fingerprint density at radius 1 is 1.38 bits per heavy atom. The van der Waals surface area contributed by atoms with Crippen LogP contribution in [0.4, 0.5) is 13.2 Å². The van der Waals surface area contributed by atoms with Crippen molar-refractivity contribution in [3.8, 4) is 0 Å². The summed E-state index contributed by atoms with van der Waals surface area (Å²) in [6.45, 7) is 5.42. The van der Waals surface area contributed by atoms with E-state index in [4.69, 9.17) is 0 Å². The van der Waals surface area contributed by atoms with Gasteiger partial charge < -0.3 is 5.32 Å². The van der Waals surface area contributed by atoms with Crippen LogP contribution in [0.25, 0.3) is 0 Å². The summed E-state index contributed by atoms with van der Waals surface area (Å²) in [4.78, 5) is 5.57. The number of hydrogen-bond acceptors (Lipinski definition) is 4. The summed E-state index contributed by atoms with van der Waals surface area (Å²) in [5.74, 6) is 0. The highest BCUT2D eigenvalue weighted by Crippen LogP contribution is 2.33. The van der Waals surface area contributed by atoms with E-state index in [0.717, 1.165) is 56.4 Å². The molecule has 1 aliphatic rings. The smallest absolute Gasteiger partial charge is 0.317 e. The second kappa shape index (κ2) is 8.31. The van der Waals surface area contributed by atoms with E-state index in [2.05, 4.69) is 22.1 Å². The molecule has 0 spiro atoms. The molecule has 2 heterocycles. The average molecular weight is 344 g/mol. The van der Waals surface area contributed by atoms with Crippen molar-refractivity contribution in [2.24, 2.45) is 0 Å². The van der Waals surface area contributed by atoms with Crippen LogP contribution >= 0.6 is 23.7 Å². The van der Waals surface area contributed by atoms with Gasteiger partial charge in [0.25, 0.3) is 0 Å². The van der Waals surface area contributed by atoms with Crippen LogP contribution in [0.3, 0.4) is 0 Å². The lowest BCUT2D eigenvalue weighted by Crippen LogP contribution is -2.35. The van der Waals surface area contributed by atoms with Crippen LogP contribution in [0, 0.1) is 0 Å². The number of hydrogen-bond donors (Lipinski definition) is 1. The average Bonchev–Trinajstić information content (AvgIpc) is 2.71. The molecule has 0 radical (unpaired) electrons. The molecule has 0 aromatic carbocycles. The molecule has 0 amide bonds. The molecule has 1 atom stereocenters. The van der Waals surface area contributed by atoms with Gasteiger partial charge in [-0.3, -0.25) is 4.90 Å². The van der Waals surface area contributed by atoms with Crippen molar-refractivity contribution in [1.29, 1.82) is 0 Å². The highest BCUT2D eigenvalue weighted by Gasteiger charge is 2.33. The van der Waals surface area contributed by atoms with E-state index in [1.165, 1.54) is 0 Å². The predicted molar refractivity (Wildman–Crippen MR) is 81.0 cm³/mol. The summed E-state index contributed by atoms with van der Waals surface area (Å²) < 4.78 is 37.7. The molecule has 1 unspecified atom stereocenters. The Morgan fingerprint density at radius 2 is 2.14 bits per heavy atom. The first kappa shape index (κ1) is 18.7. The maximum atomic E-state index is 12.6. The number of nitrogens with zero attached hydrogens (tertiary/aromatic N) is 2. The summed E-state index contributed by atoms with van der Waals surface area (Å²) in [5, 5.41) is 3.91. The molecular weight excluding hydrogens is 323 g/mol. The Hall–Kier alpha value is -0.370. The summed E-state index contributed by atoms with van der Waals surface area (Å²) in [6, 6.07) is 0.438. The van der Waals surface area contributed by atoms with Crippen molar-refractivity contribution in [1.82, 2.24) is 15.2 Å². The summed E-state index contributed by atoms with van der Waals surface area (Å²) >= 11 is 0.759. The lowest BCUT2D eigenvalue weighted by atomic mass is 10.1. The topological polar surface area (TPSA) is 28.2 Å². The maximum absolute atomic E-state index is 12.6. The van der Waals surface area contributed by atoms with Crippen molar-refractivity contribution < 1.29 is 13.2 Å². The first-order valence-electron chi connectivity index (χ1n) is 6.97. The van der Waals surface area contributed by atoms with Crippen LogP contribution in [0.5, 0.6) is 0 Å². The number of halogens is 4. The Kier molecular flexibility index (Phi) is 7.39. The lowest BCUT2D eigenvalue weighted by Gasteiger charge is -2.28. The van der Waals surface area contributed by atoms with Gasteiger partial charge in [0.05, 0.1) is 12.7 Å². The molecule has 1 aromatic heterocycles. The van der Waals surface area contributed by atoms with Gasteiger partial charge in [0, 0.05) is 6.04 Å². The number of aromatic nitrogens is 1. The normalized spacial score (nSPS) is 20.1. The predicted octanol–water partition coefficient (Wildman–Crippen LogP) is 3.55. The van der Waals surface area contributed by atoms with Gasteiger partial charge in [-0.05, 0) is 38.9 Å². The molecule has 1 N–H and O–H groups in total. The number of rotatable bonds is 4. The van der Waals surface area contributed by atoms with Crippen LogP contribution in [-0.2, 0) is 12.7 Å². The van der Waals surface area contributed by atoms with E-state index in [1.54, 1.807) is 0 Å². The number of alkyl halides is 3. The fraction of sp³-hybridized carbons (Fsp3) is 0.769. The third kappa shape index (κ3) is 5.39. The third-order valence-corrected chi connectivity index (χ3v) is 4.67. The molecule has 1 aromatic rings. The van der Waals surface area contributed by atoms with Crippen molar-refractivity contribution in [3.05, 3.63) is 16.1 Å². The molecule has 0 saturated carbocycles. The quantitative estimate of drug-likeness (QED) is 0.906. The van der Waals surface area contributed by atoms with E-state index in [1.807, 2.05) is 0 Å². The first-order valence-corrected chi connectivity index (χ1v) is 7.79. The third-order valence-electron chi connectivity index (χ3n) is 3.64. The maximum Gasteiger partial charge on any atom is 0.427 e. The highest BCUT2D eigenvalue weighted by molar-refractivity contribution is 7.11. The zero-order chi connectivity index (χ0) is 14.6. The van der Waals surface area contributed by atoms with E-state index in [9.17, 15) is 13.2 Å². The van der Waals surface area contributed by atoms with Crippen LogP contribution < -0.4 is 5.32 Å². The summed E-state index contributed by atoms with van der Waals surface area (Å²) in [6.07, 6.45) is -0.0712. The van der Waals surface area contributed by atoms with Crippen molar-refractivity contribution in [2.45, 2.75) is 44.9 Å². The molecule has 1 aliphatic heterocycles. The fourth-order valence-corrected chi connectivity index (χ4v) is 3.36. The van der Waals surface area contributed by atoms with Crippen molar-refractivity contribution >= 4 is 23.7 Å². The minimum atomic E-state index is -4.28. The van der Waals surface area contributed by atoms with Gasteiger partial charge >= 0.3 is 6.18 Å². The molecule has 3 nitrogen and oxygen atoms in total. The molecular formula is C13H21ClF3N3S. The van der Waals surface area contributed by atoms with E-state index in [0.29, 0.717) is 17.6 Å². The lowest BCUT2D eigenvalue weighted by molar-refractivity contribution is -0.134. The Balaban J connectivity index is 0.00000220. The number of thiazole rings is 1. The van der Waals surface area contributed by atoms with Gasteiger partial charge in [-0.15, -0.1) is 23.7 Å². The molecule has 0 bridgehead atoms. The molecule has 8 heteroatoms. The Morgan fingerprint density at radius 3 is 2.76 bits per heavy atom. The van der Waals surface area contributed by atoms with Gasteiger partial charge in [0.1, 0.15) is 9.88 Å².